The summed E-state index contributed by atoms with van der Waals surface area (Å²) in [6.07, 6.45) is 10.8. The van der Waals surface area contributed by atoms with Gasteiger partial charge in [0.25, 0.3) is 11.8 Å². The molecule has 1 aliphatic rings. The predicted octanol–water partition coefficient (Wildman–Crippen LogP) is 2.87. The molecule has 0 aliphatic heterocycles. The highest BCUT2D eigenvalue weighted by atomic mass is 16.2. The molecule has 2 amide bonds. The number of carbonyl (C=O) groups excluding carboxylic acids is 2. The van der Waals surface area contributed by atoms with Crippen molar-refractivity contribution in [3.05, 3.63) is 45.4 Å². The number of amides is 2. The summed E-state index contributed by atoms with van der Waals surface area (Å²) in [5, 5.41) is 5.49. The Labute approximate surface area is 161 Å². The molecule has 0 bridgehead atoms. The molecule has 0 fully saturated rings. The van der Waals surface area contributed by atoms with Gasteiger partial charge in [-0.25, -0.2) is 0 Å². The molecule has 2 rings (SSSR count). The molecule has 0 spiro atoms. The quantitative estimate of drug-likeness (QED) is 0.688. The van der Waals surface area contributed by atoms with Crippen molar-refractivity contribution in [2.24, 2.45) is 5.92 Å². The van der Waals surface area contributed by atoms with Crippen molar-refractivity contribution in [2.75, 3.05) is 13.1 Å². The molecule has 2 N–H and O–H groups in total. The van der Waals surface area contributed by atoms with E-state index in [-0.39, 0.29) is 11.1 Å². The highest BCUT2D eigenvalue weighted by molar-refractivity contribution is 5.99. The van der Waals surface area contributed by atoms with E-state index in [9.17, 15) is 14.4 Å². The lowest BCUT2D eigenvalue weighted by molar-refractivity contribution is 0.0951. The first-order chi connectivity index (χ1) is 12.9. The van der Waals surface area contributed by atoms with Crippen molar-refractivity contribution in [3.8, 4) is 0 Å². The second-order valence-electron chi connectivity index (χ2n) is 7.48. The van der Waals surface area contributed by atoms with Gasteiger partial charge in [-0.1, -0.05) is 25.5 Å². The SMILES string of the molecule is CCNC(=O)c1cn(CC(C)C)cc(C(=O)NCCC2=CCCCC2)c1=O. The van der Waals surface area contributed by atoms with Crippen molar-refractivity contribution >= 4 is 11.8 Å². The van der Waals surface area contributed by atoms with Crippen molar-refractivity contribution in [1.82, 2.24) is 15.2 Å². The summed E-state index contributed by atoms with van der Waals surface area (Å²) >= 11 is 0. The Balaban J connectivity index is 2.18. The molecule has 1 aliphatic carbocycles. The van der Waals surface area contributed by atoms with Crippen LogP contribution in [0.1, 0.15) is 73.6 Å². The van der Waals surface area contributed by atoms with Crippen LogP contribution in [0.5, 0.6) is 0 Å². The van der Waals surface area contributed by atoms with Gasteiger partial charge in [0.05, 0.1) is 0 Å². The summed E-state index contributed by atoms with van der Waals surface area (Å²) in [6.45, 7) is 7.43. The fraction of sp³-hybridized carbons (Fsp3) is 0.571. The highest BCUT2D eigenvalue weighted by Crippen LogP contribution is 2.19. The normalized spacial score (nSPS) is 14.0. The zero-order valence-corrected chi connectivity index (χ0v) is 16.6. The number of hydrogen-bond donors (Lipinski definition) is 2. The zero-order chi connectivity index (χ0) is 19.8. The third kappa shape index (κ3) is 6.08. The minimum atomic E-state index is -0.518. The van der Waals surface area contributed by atoms with E-state index in [1.54, 1.807) is 17.7 Å². The molecule has 148 valence electrons. The third-order valence-corrected chi connectivity index (χ3v) is 4.60. The molecule has 0 unspecified atom stereocenters. The van der Waals surface area contributed by atoms with E-state index in [1.807, 2.05) is 13.8 Å². The maximum atomic E-state index is 12.7. The molecule has 1 aromatic rings. The van der Waals surface area contributed by atoms with Crippen LogP contribution in [0.2, 0.25) is 0 Å². The van der Waals surface area contributed by atoms with E-state index in [1.165, 1.54) is 24.6 Å². The molecular weight excluding hydrogens is 342 g/mol. The van der Waals surface area contributed by atoms with Gasteiger partial charge < -0.3 is 15.2 Å². The van der Waals surface area contributed by atoms with Crippen molar-refractivity contribution in [2.45, 2.75) is 59.4 Å². The molecule has 1 heterocycles. The Morgan fingerprint density at radius 2 is 1.78 bits per heavy atom. The van der Waals surface area contributed by atoms with Crippen molar-refractivity contribution in [1.29, 1.82) is 0 Å². The van der Waals surface area contributed by atoms with Crippen LogP contribution in [0, 0.1) is 5.92 Å². The third-order valence-electron chi connectivity index (χ3n) is 4.60. The number of nitrogens with one attached hydrogen (secondary N) is 2. The molecule has 0 saturated carbocycles. The molecule has 1 aromatic heterocycles. The lowest BCUT2D eigenvalue weighted by atomic mass is 9.97. The van der Waals surface area contributed by atoms with E-state index < -0.39 is 17.2 Å². The van der Waals surface area contributed by atoms with Gasteiger partial charge in [-0.3, -0.25) is 14.4 Å². The average molecular weight is 373 g/mol. The van der Waals surface area contributed by atoms with E-state index in [2.05, 4.69) is 16.7 Å². The summed E-state index contributed by atoms with van der Waals surface area (Å²) in [5.41, 5.74) is 0.891. The average Bonchev–Trinajstić information content (AvgIpc) is 2.63. The minimum Gasteiger partial charge on any atom is -0.352 e. The number of hydrogen-bond acceptors (Lipinski definition) is 3. The van der Waals surface area contributed by atoms with Crippen molar-refractivity contribution in [3.63, 3.8) is 0 Å². The molecule has 27 heavy (non-hydrogen) atoms. The van der Waals surface area contributed by atoms with Crippen LogP contribution in [0.15, 0.2) is 28.8 Å². The number of rotatable bonds is 8. The topological polar surface area (TPSA) is 80.2 Å². The largest absolute Gasteiger partial charge is 0.352 e. The van der Waals surface area contributed by atoms with Crippen LogP contribution in [0.25, 0.3) is 0 Å². The van der Waals surface area contributed by atoms with Gasteiger partial charge in [-0.05, 0) is 44.9 Å². The highest BCUT2D eigenvalue weighted by Gasteiger charge is 2.19. The van der Waals surface area contributed by atoms with Gasteiger partial charge in [0.1, 0.15) is 11.1 Å². The van der Waals surface area contributed by atoms with Crippen LogP contribution in [-0.2, 0) is 6.54 Å². The maximum Gasteiger partial charge on any atom is 0.256 e. The lowest BCUT2D eigenvalue weighted by Crippen LogP contribution is -2.36. The van der Waals surface area contributed by atoms with Gasteiger partial charge in [-0.15, -0.1) is 0 Å². The summed E-state index contributed by atoms with van der Waals surface area (Å²) in [6, 6.07) is 0. The zero-order valence-electron chi connectivity index (χ0n) is 16.6. The van der Waals surface area contributed by atoms with E-state index in [4.69, 9.17) is 0 Å². The number of carbonyl (C=O) groups is 2. The Kier molecular flexibility index (Phi) is 7.82. The van der Waals surface area contributed by atoms with Gasteiger partial charge in [-0.2, -0.15) is 0 Å². The molecular formula is C21H31N3O3. The van der Waals surface area contributed by atoms with Gasteiger partial charge in [0.15, 0.2) is 0 Å². The second kappa shape index (κ2) is 10.1. The molecule has 0 atom stereocenters. The Morgan fingerprint density at radius 1 is 1.11 bits per heavy atom. The van der Waals surface area contributed by atoms with Crippen LogP contribution in [0.4, 0.5) is 0 Å². The summed E-state index contributed by atoms with van der Waals surface area (Å²) in [4.78, 5) is 37.5. The molecule has 6 heteroatoms. The first-order valence-corrected chi connectivity index (χ1v) is 9.90. The van der Waals surface area contributed by atoms with Gasteiger partial charge in [0, 0.05) is 32.0 Å². The van der Waals surface area contributed by atoms with Crippen molar-refractivity contribution < 1.29 is 9.59 Å². The van der Waals surface area contributed by atoms with Gasteiger partial charge >= 0.3 is 0 Å². The first-order valence-electron chi connectivity index (χ1n) is 9.90. The predicted molar refractivity (Wildman–Crippen MR) is 107 cm³/mol. The standard InChI is InChI=1S/C21H31N3O3/c1-4-22-20(26)17-13-24(12-15(2)3)14-18(19(17)25)21(27)23-11-10-16-8-6-5-7-9-16/h8,13-15H,4-7,9-12H2,1-3H3,(H,22,26)(H,23,27). The first kappa shape index (κ1) is 20.9. The van der Waals surface area contributed by atoms with Crippen LogP contribution >= 0.6 is 0 Å². The number of pyridine rings is 1. The fourth-order valence-corrected chi connectivity index (χ4v) is 3.30. The van der Waals surface area contributed by atoms with Crippen LogP contribution in [0.3, 0.4) is 0 Å². The molecule has 6 nitrogen and oxygen atoms in total. The smallest absolute Gasteiger partial charge is 0.256 e. The number of aromatic nitrogens is 1. The Bertz CT molecular complexity index is 762. The summed E-state index contributed by atoms with van der Waals surface area (Å²) < 4.78 is 1.76. The molecule has 0 saturated heterocycles. The number of nitrogens with zero attached hydrogens (tertiary/aromatic N) is 1. The van der Waals surface area contributed by atoms with Crippen LogP contribution in [-0.4, -0.2) is 29.5 Å². The second-order valence-corrected chi connectivity index (χ2v) is 7.48. The van der Waals surface area contributed by atoms with E-state index in [0.29, 0.717) is 25.6 Å². The van der Waals surface area contributed by atoms with Crippen LogP contribution < -0.4 is 16.1 Å². The Morgan fingerprint density at radius 3 is 2.33 bits per heavy atom. The fourth-order valence-electron chi connectivity index (χ4n) is 3.30. The molecule has 0 radical (unpaired) electrons. The minimum absolute atomic E-state index is 0.0140. The van der Waals surface area contributed by atoms with E-state index >= 15 is 0 Å². The number of allylic oxidation sites excluding steroid dienone is 1. The van der Waals surface area contributed by atoms with Gasteiger partial charge in [0.2, 0.25) is 5.43 Å². The maximum absolute atomic E-state index is 12.7. The van der Waals surface area contributed by atoms with E-state index in [0.717, 1.165) is 19.3 Å². The molecule has 0 aromatic carbocycles. The summed E-state index contributed by atoms with van der Waals surface area (Å²) in [7, 11) is 0. The monoisotopic (exact) mass is 373 g/mol. The summed E-state index contributed by atoms with van der Waals surface area (Å²) in [5.74, 6) is -0.536. The Hall–Kier alpha value is -2.37. The lowest BCUT2D eigenvalue weighted by Gasteiger charge is -2.15.